The zero-order valence-electron chi connectivity index (χ0n) is 16.4. The number of nitrogens with zero attached hydrogens (tertiary/aromatic N) is 2. The fourth-order valence-electron chi connectivity index (χ4n) is 3.38. The van der Waals surface area contributed by atoms with E-state index >= 15 is 0 Å². The van der Waals surface area contributed by atoms with Gasteiger partial charge in [-0.15, -0.1) is 0 Å². The van der Waals surface area contributed by atoms with E-state index in [9.17, 15) is 4.79 Å². The van der Waals surface area contributed by atoms with Crippen molar-refractivity contribution in [1.82, 2.24) is 9.38 Å². The molecule has 0 aliphatic carbocycles. The Morgan fingerprint density at radius 3 is 2.07 bits per heavy atom. The number of methoxy groups -OCH3 is 3. The molecule has 6 nitrogen and oxygen atoms in total. The van der Waals surface area contributed by atoms with Crippen molar-refractivity contribution < 1.29 is 14.2 Å². The molecule has 0 bridgehead atoms. The van der Waals surface area contributed by atoms with Crippen molar-refractivity contribution in [2.24, 2.45) is 0 Å². The zero-order chi connectivity index (χ0) is 20.4. The first kappa shape index (κ1) is 18.6. The highest BCUT2D eigenvalue weighted by molar-refractivity contribution is 5.83. The minimum Gasteiger partial charge on any atom is -0.493 e. The Bertz CT molecular complexity index is 1210. The Kier molecular flexibility index (Phi) is 4.91. The molecule has 29 heavy (non-hydrogen) atoms. The number of benzene rings is 2. The summed E-state index contributed by atoms with van der Waals surface area (Å²) in [6.07, 6.45) is 1.71. The Balaban J connectivity index is 2.11. The molecule has 2 heterocycles. The standard InChI is InChI=1S/C23H20N2O4/c1-27-17-13-16(14-18(28-2)22(17)29-3)20-21(15-9-5-4-6-10-15)24-19-11-7-8-12-25(19)23(20)26/h4-14H,1-3H3. The molecule has 0 aliphatic heterocycles. The maximum Gasteiger partial charge on any atom is 0.266 e. The molecule has 0 saturated heterocycles. The van der Waals surface area contributed by atoms with Gasteiger partial charge in [0.2, 0.25) is 5.75 Å². The van der Waals surface area contributed by atoms with E-state index in [4.69, 9.17) is 19.2 Å². The number of hydrogen-bond acceptors (Lipinski definition) is 5. The second-order valence-electron chi connectivity index (χ2n) is 6.35. The molecule has 146 valence electrons. The highest BCUT2D eigenvalue weighted by Gasteiger charge is 2.21. The van der Waals surface area contributed by atoms with Crippen molar-refractivity contribution in [1.29, 1.82) is 0 Å². The van der Waals surface area contributed by atoms with E-state index in [1.165, 1.54) is 4.40 Å². The predicted octanol–water partition coefficient (Wildman–Crippen LogP) is 4.05. The quantitative estimate of drug-likeness (QED) is 0.516. The monoisotopic (exact) mass is 388 g/mol. The van der Waals surface area contributed by atoms with Gasteiger partial charge in [0.1, 0.15) is 5.65 Å². The van der Waals surface area contributed by atoms with Gasteiger partial charge in [-0.1, -0.05) is 36.4 Å². The number of rotatable bonds is 5. The van der Waals surface area contributed by atoms with Crippen molar-refractivity contribution in [3.05, 3.63) is 77.2 Å². The number of fused-ring (bicyclic) bond motifs is 1. The van der Waals surface area contributed by atoms with Crippen LogP contribution in [0.25, 0.3) is 28.0 Å². The van der Waals surface area contributed by atoms with Crippen LogP contribution in [0.1, 0.15) is 0 Å². The third-order valence-corrected chi connectivity index (χ3v) is 4.73. The summed E-state index contributed by atoms with van der Waals surface area (Å²) in [4.78, 5) is 18.3. The van der Waals surface area contributed by atoms with E-state index in [2.05, 4.69) is 0 Å². The lowest BCUT2D eigenvalue weighted by atomic mass is 9.99. The summed E-state index contributed by atoms with van der Waals surface area (Å²) in [5, 5.41) is 0. The summed E-state index contributed by atoms with van der Waals surface area (Å²) in [6, 6.07) is 18.6. The minimum atomic E-state index is -0.177. The molecule has 0 radical (unpaired) electrons. The molecule has 0 atom stereocenters. The lowest BCUT2D eigenvalue weighted by molar-refractivity contribution is 0.324. The van der Waals surface area contributed by atoms with Gasteiger partial charge in [0, 0.05) is 11.8 Å². The maximum absolute atomic E-state index is 13.5. The van der Waals surface area contributed by atoms with E-state index in [0.29, 0.717) is 39.7 Å². The Hall–Kier alpha value is -3.80. The van der Waals surface area contributed by atoms with Crippen LogP contribution in [0.3, 0.4) is 0 Å². The van der Waals surface area contributed by atoms with Crippen molar-refractivity contribution in [3.63, 3.8) is 0 Å². The second-order valence-corrected chi connectivity index (χ2v) is 6.35. The molecule has 0 saturated carbocycles. The Morgan fingerprint density at radius 1 is 0.793 bits per heavy atom. The highest BCUT2D eigenvalue weighted by atomic mass is 16.5. The predicted molar refractivity (Wildman–Crippen MR) is 112 cm³/mol. The van der Waals surface area contributed by atoms with Gasteiger partial charge in [0.15, 0.2) is 11.5 Å². The first-order chi connectivity index (χ1) is 14.2. The van der Waals surface area contributed by atoms with Crippen LogP contribution in [0, 0.1) is 0 Å². The minimum absolute atomic E-state index is 0.177. The molecular formula is C23H20N2O4. The summed E-state index contributed by atoms with van der Waals surface area (Å²) in [7, 11) is 4.64. The van der Waals surface area contributed by atoms with Crippen LogP contribution >= 0.6 is 0 Å². The van der Waals surface area contributed by atoms with E-state index in [-0.39, 0.29) is 5.56 Å². The zero-order valence-corrected chi connectivity index (χ0v) is 16.4. The third-order valence-electron chi connectivity index (χ3n) is 4.73. The van der Waals surface area contributed by atoms with Gasteiger partial charge in [-0.2, -0.15) is 0 Å². The molecule has 0 N–H and O–H groups in total. The normalized spacial score (nSPS) is 10.7. The van der Waals surface area contributed by atoms with Gasteiger partial charge in [-0.05, 0) is 29.8 Å². The molecule has 0 aliphatic rings. The smallest absolute Gasteiger partial charge is 0.266 e. The molecule has 0 spiro atoms. The van der Waals surface area contributed by atoms with Crippen molar-refractivity contribution in [3.8, 4) is 39.6 Å². The summed E-state index contributed by atoms with van der Waals surface area (Å²) < 4.78 is 17.9. The van der Waals surface area contributed by atoms with Crippen molar-refractivity contribution in [2.45, 2.75) is 0 Å². The number of hydrogen-bond donors (Lipinski definition) is 0. The lowest BCUT2D eigenvalue weighted by Crippen LogP contribution is -2.18. The van der Waals surface area contributed by atoms with E-state index in [1.54, 1.807) is 45.7 Å². The molecule has 2 aromatic carbocycles. The van der Waals surface area contributed by atoms with Crippen LogP contribution < -0.4 is 19.8 Å². The summed E-state index contributed by atoms with van der Waals surface area (Å²) in [6.45, 7) is 0. The van der Waals surface area contributed by atoms with E-state index in [0.717, 1.165) is 5.56 Å². The van der Waals surface area contributed by atoms with Crippen LogP contribution in [0.5, 0.6) is 17.2 Å². The van der Waals surface area contributed by atoms with Crippen LogP contribution in [0.15, 0.2) is 71.7 Å². The number of ether oxygens (including phenoxy) is 3. The SMILES string of the molecule is COc1cc(-c2c(-c3ccccc3)nc3ccccn3c2=O)cc(OC)c1OC. The number of aromatic nitrogens is 2. The molecule has 0 amide bonds. The topological polar surface area (TPSA) is 62.1 Å². The van der Waals surface area contributed by atoms with Crippen LogP contribution in [0.4, 0.5) is 0 Å². The van der Waals surface area contributed by atoms with Gasteiger partial charge >= 0.3 is 0 Å². The summed E-state index contributed by atoms with van der Waals surface area (Å²) in [5.41, 5.74) is 2.93. The molecule has 2 aromatic heterocycles. The van der Waals surface area contributed by atoms with Crippen LogP contribution in [0.2, 0.25) is 0 Å². The lowest BCUT2D eigenvalue weighted by Gasteiger charge is -2.16. The van der Waals surface area contributed by atoms with Gasteiger partial charge in [0.25, 0.3) is 5.56 Å². The average molecular weight is 388 g/mol. The fraction of sp³-hybridized carbons (Fsp3) is 0.130. The van der Waals surface area contributed by atoms with Gasteiger partial charge in [-0.3, -0.25) is 9.20 Å². The first-order valence-corrected chi connectivity index (χ1v) is 9.05. The highest BCUT2D eigenvalue weighted by Crippen LogP contribution is 2.42. The number of pyridine rings is 1. The third kappa shape index (κ3) is 3.18. The van der Waals surface area contributed by atoms with Crippen LogP contribution in [-0.2, 0) is 0 Å². The molecule has 0 fully saturated rings. The molecule has 0 unspecified atom stereocenters. The molecular weight excluding hydrogens is 368 g/mol. The fourth-order valence-corrected chi connectivity index (χ4v) is 3.38. The van der Waals surface area contributed by atoms with Gasteiger partial charge in [0.05, 0.1) is 32.6 Å². The maximum atomic E-state index is 13.5. The Labute approximate surface area is 167 Å². The van der Waals surface area contributed by atoms with Crippen molar-refractivity contribution in [2.75, 3.05) is 21.3 Å². The molecule has 6 heteroatoms. The second kappa shape index (κ2) is 7.67. The summed E-state index contributed by atoms with van der Waals surface area (Å²) >= 11 is 0. The molecule has 4 rings (SSSR count). The van der Waals surface area contributed by atoms with Crippen LogP contribution in [-0.4, -0.2) is 30.7 Å². The van der Waals surface area contributed by atoms with E-state index < -0.39 is 0 Å². The molecule has 4 aromatic rings. The van der Waals surface area contributed by atoms with Crippen molar-refractivity contribution >= 4 is 5.65 Å². The Morgan fingerprint density at radius 2 is 1.45 bits per heavy atom. The largest absolute Gasteiger partial charge is 0.493 e. The van der Waals surface area contributed by atoms with Gasteiger partial charge in [-0.25, -0.2) is 4.98 Å². The van der Waals surface area contributed by atoms with Gasteiger partial charge < -0.3 is 14.2 Å². The average Bonchev–Trinajstić information content (AvgIpc) is 2.78. The van der Waals surface area contributed by atoms with E-state index in [1.807, 2.05) is 42.5 Å². The summed E-state index contributed by atoms with van der Waals surface area (Å²) in [5.74, 6) is 1.41. The first-order valence-electron chi connectivity index (χ1n) is 9.05.